The fraction of sp³-hybridized carbons (Fsp3) is 0.222. The highest BCUT2D eigenvalue weighted by Crippen LogP contribution is 2.26. The van der Waals surface area contributed by atoms with Crippen LogP contribution in [0.4, 0.5) is 4.39 Å². The van der Waals surface area contributed by atoms with Gasteiger partial charge in [0.05, 0.1) is 10.6 Å². The van der Waals surface area contributed by atoms with E-state index < -0.39 is 25.7 Å². The van der Waals surface area contributed by atoms with Crippen molar-refractivity contribution < 1.29 is 17.6 Å². The van der Waals surface area contributed by atoms with E-state index in [2.05, 4.69) is 5.32 Å². The molecule has 0 saturated carbocycles. The molecule has 17 heavy (non-hydrogen) atoms. The van der Waals surface area contributed by atoms with E-state index in [1.54, 1.807) is 6.92 Å². The van der Waals surface area contributed by atoms with Gasteiger partial charge in [0.2, 0.25) is 0 Å². The predicted molar refractivity (Wildman–Crippen MR) is 62.5 cm³/mol. The highest BCUT2D eigenvalue weighted by molar-refractivity contribution is 8.13. The van der Waals surface area contributed by atoms with Gasteiger partial charge in [0.15, 0.2) is 0 Å². The molecule has 1 amide bonds. The summed E-state index contributed by atoms with van der Waals surface area (Å²) in [6, 6.07) is 1.55. The number of nitrogens with one attached hydrogen (secondary N) is 1. The van der Waals surface area contributed by atoms with Crippen LogP contribution in [0.25, 0.3) is 0 Å². The van der Waals surface area contributed by atoms with Crippen LogP contribution in [-0.4, -0.2) is 20.9 Å². The number of hydrogen-bond donors (Lipinski definition) is 1. The number of amides is 1. The monoisotopic (exact) mass is 299 g/mol. The smallest absolute Gasteiger partial charge is 0.264 e. The van der Waals surface area contributed by atoms with E-state index in [4.69, 9.17) is 22.3 Å². The van der Waals surface area contributed by atoms with Gasteiger partial charge >= 0.3 is 0 Å². The van der Waals surface area contributed by atoms with Gasteiger partial charge in [-0.15, -0.1) is 0 Å². The van der Waals surface area contributed by atoms with Crippen LogP contribution in [0.5, 0.6) is 0 Å². The van der Waals surface area contributed by atoms with E-state index in [-0.39, 0.29) is 10.6 Å². The molecule has 0 fully saturated rings. The molecule has 0 aliphatic heterocycles. The Morgan fingerprint density at radius 3 is 2.53 bits per heavy atom. The van der Waals surface area contributed by atoms with Crippen LogP contribution in [0.15, 0.2) is 17.0 Å². The number of halogens is 3. The Labute approximate surface area is 107 Å². The van der Waals surface area contributed by atoms with Crippen molar-refractivity contribution in [2.45, 2.75) is 11.8 Å². The summed E-state index contributed by atoms with van der Waals surface area (Å²) < 4.78 is 35.4. The highest BCUT2D eigenvalue weighted by atomic mass is 35.7. The molecule has 0 spiro atoms. The molecule has 0 aliphatic carbocycles. The van der Waals surface area contributed by atoms with E-state index in [0.717, 1.165) is 12.1 Å². The number of benzene rings is 1. The molecular formula is C9H8Cl2FNO3S. The van der Waals surface area contributed by atoms with Crippen molar-refractivity contribution in [2.24, 2.45) is 0 Å². The molecule has 0 atom stereocenters. The quantitative estimate of drug-likeness (QED) is 0.870. The Balaban J connectivity index is 3.39. The number of rotatable bonds is 3. The highest BCUT2D eigenvalue weighted by Gasteiger charge is 2.21. The lowest BCUT2D eigenvalue weighted by Crippen LogP contribution is -2.23. The van der Waals surface area contributed by atoms with Crippen LogP contribution < -0.4 is 5.32 Å². The second-order valence-corrected chi connectivity index (χ2v) is 6.00. The lowest BCUT2D eigenvalue weighted by Gasteiger charge is -2.07. The standard InChI is InChI=1S/C9H8Cl2FNO3S/c1-2-13-9(14)5-3-8(17(11,15)16)7(12)4-6(5)10/h3-4H,2H2,1H3,(H,13,14). The lowest BCUT2D eigenvalue weighted by atomic mass is 10.2. The molecule has 1 aromatic carbocycles. The van der Waals surface area contributed by atoms with Gasteiger partial charge in [-0.05, 0) is 19.1 Å². The molecule has 1 N–H and O–H groups in total. The summed E-state index contributed by atoms with van der Waals surface area (Å²) in [5.41, 5.74) is -0.144. The predicted octanol–water partition coefficient (Wildman–Crippen LogP) is 2.16. The Hall–Kier alpha value is -0.850. The molecule has 0 aromatic heterocycles. The maximum absolute atomic E-state index is 13.3. The Kier molecular flexibility index (Phi) is 4.35. The summed E-state index contributed by atoms with van der Waals surface area (Å²) in [6.07, 6.45) is 0. The first-order chi connectivity index (χ1) is 7.77. The van der Waals surface area contributed by atoms with Crippen LogP contribution in [0.2, 0.25) is 5.02 Å². The third-order valence-electron chi connectivity index (χ3n) is 1.87. The molecule has 1 aromatic rings. The minimum atomic E-state index is -4.26. The van der Waals surface area contributed by atoms with Crippen LogP contribution in [-0.2, 0) is 9.05 Å². The molecule has 4 nitrogen and oxygen atoms in total. The molecule has 0 radical (unpaired) electrons. The molecule has 1 rings (SSSR count). The van der Waals surface area contributed by atoms with Crippen LogP contribution >= 0.6 is 22.3 Å². The van der Waals surface area contributed by atoms with Gasteiger partial charge in [0.25, 0.3) is 15.0 Å². The molecular weight excluding hydrogens is 292 g/mol. The first-order valence-corrected chi connectivity index (χ1v) is 7.18. The fourth-order valence-electron chi connectivity index (χ4n) is 1.15. The van der Waals surface area contributed by atoms with Gasteiger partial charge in [-0.3, -0.25) is 4.79 Å². The third kappa shape index (κ3) is 3.31. The van der Waals surface area contributed by atoms with Crippen molar-refractivity contribution in [2.75, 3.05) is 6.54 Å². The minimum absolute atomic E-state index is 0.144. The van der Waals surface area contributed by atoms with Gasteiger partial charge in [-0.2, -0.15) is 0 Å². The van der Waals surface area contributed by atoms with Crippen LogP contribution in [0, 0.1) is 5.82 Å². The van der Waals surface area contributed by atoms with E-state index in [9.17, 15) is 17.6 Å². The Bertz CT molecular complexity index is 560. The van der Waals surface area contributed by atoms with Gasteiger partial charge in [-0.25, -0.2) is 12.8 Å². The summed E-state index contributed by atoms with van der Waals surface area (Å²) in [6.45, 7) is 2.00. The minimum Gasteiger partial charge on any atom is -0.352 e. The van der Waals surface area contributed by atoms with Gasteiger partial charge < -0.3 is 5.32 Å². The summed E-state index contributed by atoms with van der Waals surface area (Å²) >= 11 is 5.64. The fourth-order valence-corrected chi connectivity index (χ4v) is 2.29. The molecule has 0 heterocycles. The number of hydrogen-bond acceptors (Lipinski definition) is 3. The SMILES string of the molecule is CCNC(=O)c1cc(S(=O)(=O)Cl)c(F)cc1Cl. The van der Waals surface area contributed by atoms with E-state index in [1.165, 1.54) is 0 Å². The zero-order chi connectivity index (χ0) is 13.2. The first kappa shape index (κ1) is 14.2. The molecule has 0 saturated heterocycles. The second kappa shape index (κ2) is 5.20. The van der Waals surface area contributed by atoms with Crippen molar-refractivity contribution in [1.29, 1.82) is 0 Å². The van der Waals surface area contributed by atoms with Gasteiger partial charge in [0.1, 0.15) is 10.7 Å². The average molecular weight is 300 g/mol. The zero-order valence-electron chi connectivity index (χ0n) is 8.63. The molecule has 0 aliphatic rings. The normalized spacial score (nSPS) is 11.3. The van der Waals surface area contributed by atoms with Crippen LogP contribution in [0.3, 0.4) is 0 Å². The Morgan fingerprint density at radius 2 is 2.06 bits per heavy atom. The number of carbonyl (C=O) groups is 1. The van der Waals surface area contributed by atoms with Crippen molar-refractivity contribution >= 4 is 37.2 Å². The second-order valence-electron chi connectivity index (χ2n) is 3.06. The maximum atomic E-state index is 13.3. The Morgan fingerprint density at radius 1 is 1.47 bits per heavy atom. The molecule has 8 heteroatoms. The van der Waals surface area contributed by atoms with E-state index in [1.807, 2.05) is 0 Å². The summed E-state index contributed by atoms with van der Waals surface area (Å²) in [5, 5.41) is 2.23. The van der Waals surface area contributed by atoms with Gasteiger partial charge in [-0.1, -0.05) is 11.6 Å². The van der Waals surface area contributed by atoms with E-state index >= 15 is 0 Å². The largest absolute Gasteiger partial charge is 0.352 e. The molecule has 0 bridgehead atoms. The van der Waals surface area contributed by atoms with Crippen molar-refractivity contribution in [1.82, 2.24) is 5.32 Å². The van der Waals surface area contributed by atoms with Crippen LogP contribution in [0.1, 0.15) is 17.3 Å². The summed E-state index contributed by atoms with van der Waals surface area (Å²) in [4.78, 5) is 10.7. The molecule has 0 unspecified atom stereocenters. The third-order valence-corrected chi connectivity index (χ3v) is 3.52. The average Bonchev–Trinajstić information content (AvgIpc) is 2.15. The van der Waals surface area contributed by atoms with Crippen molar-refractivity contribution in [3.8, 4) is 0 Å². The number of carbonyl (C=O) groups excluding carboxylic acids is 1. The van der Waals surface area contributed by atoms with E-state index in [0.29, 0.717) is 6.54 Å². The van der Waals surface area contributed by atoms with Crippen molar-refractivity contribution in [3.05, 3.63) is 28.5 Å². The molecule has 94 valence electrons. The summed E-state index contributed by atoms with van der Waals surface area (Å²) in [7, 11) is 0.765. The first-order valence-electron chi connectivity index (χ1n) is 4.49. The van der Waals surface area contributed by atoms with Gasteiger partial charge in [0, 0.05) is 17.2 Å². The zero-order valence-corrected chi connectivity index (χ0v) is 11.0. The summed E-state index contributed by atoms with van der Waals surface area (Å²) in [5.74, 6) is -1.70. The lowest BCUT2D eigenvalue weighted by molar-refractivity contribution is 0.0955. The topological polar surface area (TPSA) is 63.2 Å². The maximum Gasteiger partial charge on any atom is 0.264 e. The van der Waals surface area contributed by atoms with Crippen molar-refractivity contribution in [3.63, 3.8) is 0 Å².